The van der Waals surface area contributed by atoms with E-state index >= 15 is 0 Å². The average molecular weight is 451 g/mol. The predicted molar refractivity (Wildman–Crippen MR) is 123 cm³/mol. The quantitative estimate of drug-likeness (QED) is 0.262. The number of H-pyrrole nitrogens is 1. The first-order valence-electron chi connectivity index (χ1n) is 9.83. The molecular weight excluding hydrogens is 428 g/mol. The topological polar surface area (TPSA) is 121 Å². The molecule has 0 atom stereocenters. The largest absolute Gasteiger partial charge is 0.352 e. The van der Waals surface area contributed by atoms with E-state index in [0.717, 1.165) is 17.3 Å². The van der Waals surface area contributed by atoms with Crippen LogP contribution in [0.5, 0.6) is 0 Å². The molecule has 164 valence electrons. The maximum Gasteiger partial charge on any atom is 0.251 e. The van der Waals surface area contributed by atoms with Gasteiger partial charge in [0.25, 0.3) is 5.56 Å². The molecule has 8 nitrogen and oxygen atoms in total. The Labute approximate surface area is 188 Å². The fraction of sp³-hybridized carbons (Fsp3) is 0.174. The van der Waals surface area contributed by atoms with E-state index in [1.54, 1.807) is 24.3 Å². The summed E-state index contributed by atoms with van der Waals surface area (Å²) in [5, 5.41) is 5.76. The number of Topliss-reactive ketones (excluding diaryl/α,β-unsaturated/α-hetero) is 1. The first-order valence-corrected chi connectivity index (χ1v) is 10.8. The molecule has 0 bridgehead atoms. The van der Waals surface area contributed by atoms with Gasteiger partial charge >= 0.3 is 0 Å². The van der Waals surface area contributed by atoms with Gasteiger partial charge < -0.3 is 15.6 Å². The summed E-state index contributed by atoms with van der Waals surface area (Å²) >= 11 is 1.06. The average Bonchev–Trinajstić information content (AvgIpc) is 2.77. The normalized spacial score (nSPS) is 10.4. The standard InChI is InChI=1S/C23H22N4O4S/c1-15(28)17-7-9-18(10-8-17)25-22(31)14-32-23-26-19(12-21(30)27-23)11-20(29)24-13-16-5-3-2-4-6-16/h2-10,12H,11,13-14H2,1H3,(H,24,29)(H,25,31)(H,26,27,30). The molecule has 0 saturated carbocycles. The van der Waals surface area contributed by atoms with Gasteiger partial charge in [0.05, 0.1) is 17.9 Å². The van der Waals surface area contributed by atoms with E-state index in [9.17, 15) is 19.2 Å². The van der Waals surface area contributed by atoms with Gasteiger partial charge in [0.2, 0.25) is 11.8 Å². The van der Waals surface area contributed by atoms with Gasteiger partial charge in [-0.2, -0.15) is 0 Å². The van der Waals surface area contributed by atoms with Gasteiger partial charge in [0.1, 0.15) is 0 Å². The Morgan fingerprint density at radius 2 is 1.72 bits per heavy atom. The maximum absolute atomic E-state index is 12.2. The first-order chi connectivity index (χ1) is 15.4. The van der Waals surface area contributed by atoms with E-state index in [4.69, 9.17) is 0 Å². The zero-order valence-corrected chi connectivity index (χ0v) is 18.2. The number of aromatic nitrogens is 2. The Hall–Kier alpha value is -3.72. The third-order valence-corrected chi connectivity index (χ3v) is 5.24. The van der Waals surface area contributed by atoms with Crippen molar-refractivity contribution >= 4 is 35.0 Å². The molecule has 0 saturated heterocycles. The first kappa shape index (κ1) is 23.0. The minimum Gasteiger partial charge on any atom is -0.352 e. The van der Waals surface area contributed by atoms with Crippen molar-refractivity contribution in [3.05, 3.63) is 87.8 Å². The Bertz CT molecular complexity index is 1160. The number of rotatable bonds is 9. The fourth-order valence-electron chi connectivity index (χ4n) is 2.79. The van der Waals surface area contributed by atoms with Crippen LogP contribution in [-0.4, -0.2) is 33.3 Å². The summed E-state index contributed by atoms with van der Waals surface area (Å²) < 4.78 is 0. The number of amides is 2. The number of nitrogens with one attached hydrogen (secondary N) is 3. The summed E-state index contributed by atoms with van der Waals surface area (Å²) in [5.41, 5.74) is 2.02. The Kier molecular flexibility index (Phi) is 7.93. The van der Waals surface area contributed by atoms with Crippen molar-refractivity contribution < 1.29 is 14.4 Å². The number of ketones is 1. The van der Waals surface area contributed by atoms with Crippen LogP contribution in [0, 0.1) is 0 Å². The Morgan fingerprint density at radius 3 is 2.41 bits per heavy atom. The van der Waals surface area contributed by atoms with Crippen LogP contribution < -0.4 is 16.2 Å². The van der Waals surface area contributed by atoms with Crippen LogP contribution in [0.2, 0.25) is 0 Å². The van der Waals surface area contributed by atoms with Gasteiger partial charge in [0, 0.05) is 23.9 Å². The molecule has 0 fully saturated rings. The van der Waals surface area contributed by atoms with Gasteiger partial charge in [0.15, 0.2) is 10.9 Å². The second-order valence-corrected chi connectivity index (χ2v) is 7.92. The van der Waals surface area contributed by atoms with E-state index in [1.165, 1.54) is 13.0 Å². The lowest BCUT2D eigenvalue weighted by Crippen LogP contribution is -2.26. The Morgan fingerprint density at radius 1 is 1.00 bits per heavy atom. The van der Waals surface area contributed by atoms with Crippen molar-refractivity contribution in [3.63, 3.8) is 0 Å². The van der Waals surface area contributed by atoms with Gasteiger partial charge in [-0.05, 0) is 36.8 Å². The minimum absolute atomic E-state index is 0.0149. The maximum atomic E-state index is 12.2. The highest BCUT2D eigenvalue weighted by Crippen LogP contribution is 2.14. The number of benzene rings is 2. The van der Waals surface area contributed by atoms with E-state index in [-0.39, 0.29) is 34.9 Å². The van der Waals surface area contributed by atoms with Crippen molar-refractivity contribution in [2.75, 3.05) is 11.1 Å². The summed E-state index contributed by atoms with van der Waals surface area (Å²) in [5.74, 6) is -0.586. The zero-order valence-electron chi connectivity index (χ0n) is 17.4. The van der Waals surface area contributed by atoms with Crippen molar-refractivity contribution in [1.82, 2.24) is 15.3 Å². The molecule has 1 heterocycles. The monoisotopic (exact) mass is 450 g/mol. The zero-order chi connectivity index (χ0) is 22.9. The lowest BCUT2D eigenvalue weighted by atomic mass is 10.1. The van der Waals surface area contributed by atoms with Crippen LogP contribution in [0.1, 0.15) is 28.5 Å². The molecule has 0 unspecified atom stereocenters. The molecular formula is C23H22N4O4S. The van der Waals surface area contributed by atoms with Crippen LogP contribution in [0.25, 0.3) is 0 Å². The number of hydrogen-bond donors (Lipinski definition) is 3. The molecule has 0 radical (unpaired) electrons. The number of aromatic amines is 1. The summed E-state index contributed by atoms with van der Waals surface area (Å²) in [7, 11) is 0. The van der Waals surface area contributed by atoms with E-state index in [2.05, 4.69) is 20.6 Å². The van der Waals surface area contributed by atoms with E-state index in [1.807, 2.05) is 30.3 Å². The second kappa shape index (κ2) is 11.1. The third kappa shape index (κ3) is 7.21. The summed E-state index contributed by atoms with van der Waals surface area (Å²) in [6.07, 6.45) is -0.0427. The SMILES string of the molecule is CC(=O)c1ccc(NC(=O)CSc2nc(CC(=O)NCc3ccccc3)cc(=O)[nH]2)cc1. The van der Waals surface area contributed by atoms with Gasteiger partial charge in [-0.1, -0.05) is 42.1 Å². The number of nitrogens with zero attached hydrogens (tertiary/aromatic N) is 1. The lowest BCUT2D eigenvalue weighted by Gasteiger charge is -2.07. The molecule has 3 N–H and O–H groups in total. The van der Waals surface area contributed by atoms with Crippen LogP contribution in [0.3, 0.4) is 0 Å². The number of hydrogen-bond acceptors (Lipinski definition) is 6. The smallest absolute Gasteiger partial charge is 0.251 e. The van der Waals surface area contributed by atoms with E-state index in [0.29, 0.717) is 23.5 Å². The predicted octanol–water partition coefficient (Wildman–Crippen LogP) is 2.56. The van der Waals surface area contributed by atoms with Crippen LogP contribution in [-0.2, 0) is 22.6 Å². The van der Waals surface area contributed by atoms with Crippen molar-refractivity contribution in [2.45, 2.75) is 25.0 Å². The summed E-state index contributed by atoms with van der Waals surface area (Å²) in [4.78, 5) is 54.4. The second-order valence-electron chi connectivity index (χ2n) is 6.95. The molecule has 0 aliphatic carbocycles. The summed E-state index contributed by atoms with van der Waals surface area (Å²) in [6.45, 7) is 1.86. The number of anilines is 1. The van der Waals surface area contributed by atoms with Gasteiger partial charge in [-0.15, -0.1) is 0 Å². The highest BCUT2D eigenvalue weighted by molar-refractivity contribution is 7.99. The molecule has 3 aromatic rings. The van der Waals surface area contributed by atoms with Crippen molar-refractivity contribution in [2.24, 2.45) is 0 Å². The molecule has 1 aromatic heterocycles. The molecule has 32 heavy (non-hydrogen) atoms. The molecule has 2 aromatic carbocycles. The van der Waals surface area contributed by atoms with Crippen LogP contribution in [0.4, 0.5) is 5.69 Å². The highest BCUT2D eigenvalue weighted by Gasteiger charge is 2.10. The summed E-state index contributed by atoms with van der Waals surface area (Å²) in [6, 6.07) is 17.3. The van der Waals surface area contributed by atoms with E-state index < -0.39 is 5.56 Å². The molecule has 0 aliphatic heterocycles. The highest BCUT2D eigenvalue weighted by atomic mass is 32.2. The third-order valence-electron chi connectivity index (χ3n) is 4.36. The van der Waals surface area contributed by atoms with Crippen molar-refractivity contribution in [1.29, 1.82) is 0 Å². The fourth-order valence-corrected chi connectivity index (χ4v) is 3.48. The molecule has 0 spiro atoms. The number of carbonyl (C=O) groups excluding carboxylic acids is 3. The van der Waals surface area contributed by atoms with Crippen molar-refractivity contribution in [3.8, 4) is 0 Å². The van der Waals surface area contributed by atoms with Crippen LogP contribution >= 0.6 is 11.8 Å². The number of carbonyl (C=O) groups is 3. The molecule has 2 amide bonds. The molecule has 3 rings (SSSR count). The Balaban J connectivity index is 1.52. The van der Waals surface area contributed by atoms with Gasteiger partial charge in [-0.25, -0.2) is 4.98 Å². The lowest BCUT2D eigenvalue weighted by molar-refractivity contribution is -0.120. The molecule has 0 aliphatic rings. The molecule has 9 heteroatoms. The van der Waals surface area contributed by atoms with Crippen LogP contribution in [0.15, 0.2) is 70.6 Å². The van der Waals surface area contributed by atoms with Gasteiger partial charge in [-0.3, -0.25) is 19.2 Å². The minimum atomic E-state index is -0.395. The number of thioether (sulfide) groups is 1.